The van der Waals surface area contributed by atoms with Crippen LogP contribution in [0.15, 0.2) is 90.3 Å². The van der Waals surface area contributed by atoms with E-state index in [2.05, 4.69) is 17.4 Å². The molecule has 5 heteroatoms. The molecule has 0 aliphatic heterocycles. The standard InChI is InChI=1S/C29H28N2O2S/c1-21(2)33-26-15-13-23(14-16-26)17-27(24-11-7-4-8-12-24)29(32)30-19-25-20-34-28(31-25)18-22-9-5-3-6-10-22/h3-17,20-21H,18-19H2,1-2H3,(H,30,32)/b27-17+. The largest absolute Gasteiger partial charge is 0.491 e. The normalized spacial score (nSPS) is 11.4. The molecule has 0 radical (unpaired) electrons. The van der Waals surface area contributed by atoms with E-state index >= 15 is 0 Å². The van der Waals surface area contributed by atoms with Crippen LogP contribution in [0.25, 0.3) is 11.6 Å². The van der Waals surface area contributed by atoms with Crippen LogP contribution in [-0.4, -0.2) is 17.0 Å². The maximum Gasteiger partial charge on any atom is 0.252 e. The Kier molecular flexibility index (Phi) is 7.89. The molecule has 0 unspecified atom stereocenters. The fourth-order valence-corrected chi connectivity index (χ4v) is 4.36. The number of amides is 1. The lowest BCUT2D eigenvalue weighted by Crippen LogP contribution is -2.24. The first-order valence-electron chi connectivity index (χ1n) is 11.4. The lowest BCUT2D eigenvalue weighted by Gasteiger charge is -2.11. The van der Waals surface area contributed by atoms with Gasteiger partial charge in [0.1, 0.15) is 5.75 Å². The van der Waals surface area contributed by atoms with Crippen LogP contribution in [0.5, 0.6) is 5.75 Å². The van der Waals surface area contributed by atoms with Crippen LogP contribution in [0.1, 0.15) is 41.2 Å². The summed E-state index contributed by atoms with van der Waals surface area (Å²) in [5.74, 6) is 0.680. The second-order valence-electron chi connectivity index (χ2n) is 8.24. The van der Waals surface area contributed by atoms with Crippen molar-refractivity contribution in [1.82, 2.24) is 10.3 Å². The summed E-state index contributed by atoms with van der Waals surface area (Å²) in [6.45, 7) is 4.38. The molecule has 0 aliphatic carbocycles. The van der Waals surface area contributed by atoms with E-state index in [1.807, 2.05) is 98.1 Å². The Labute approximate surface area is 205 Å². The van der Waals surface area contributed by atoms with E-state index in [1.165, 1.54) is 5.56 Å². The SMILES string of the molecule is CC(C)Oc1ccc(/C=C(/C(=O)NCc2csc(Cc3ccccc3)n2)c2ccccc2)cc1. The van der Waals surface area contributed by atoms with Crippen molar-refractivity contribution in [2.75, 3.05) is 0 Å². The molecule has 0 aliphatic rings. The maximum absolute atomic E-state index is 13.2. The van der Waals surface area contributed by atoms with Crippen LogP contribution in [-0.2, 0) is 17.8 Å². The summed E-state index contributed by atoms with van der Waals surface area (Å²) < 4.78 is 5.73. The topological polar surface area (TPSA) is 51.2 Å². The molecular weight excluding hydrogens is 440 g/mol. The minimum absolute atomic E-state index is 0.117. The zero-order chi connectivity index (χ0) is 23.8. The predicted octanol–water partition coefficient (Wildman–Crippen LogP) is 6.38. The second-order valence-corrected chi connectivity index (χ2v) is 9.18. The molecular formula is C29H28N2O2S. The summed E-state index contributed by atoms with van der Waals surface area (Å²) in [5.41, 5.74) is 4.51. The first-order valence-corrected chi connectivity index (χ1v) is 12.2. The van der Waals surface area contributed by atoms with E-state index in [1.54, 1.807) is 11.3 Å². The molecule has 1 amide bonds. The smallest absolute Gasteiger partial charge is 0.252 e. The van der Waals surface area contributed by atoms with Crippen molar-refractivity contribution < 1.29 is 9.53 Å². The average molecular weight is 469 g/mol. The Morgan fingerprint density at radius 3 is 2.32 bits per heavy atom. The highest BCUT2D eigenvalue weighted by molar-refractivity contribution is 7.09. The number of ether oxygens (including phenoxy) is 1. The van der Waals surface area contributed by atoms with Crippen LogP contribution < -0.4 is 10.1 Å². The summed E-state index contributed by atoms with van der Waals surface area (Å²) in [6.07, 6.45) is 2.82. The number of thiazole rings is 1. The number of hydrogen-bond acceptors (Lipinski definition) is 4. The van der Waals surface area contributed by atoms with Gasteiger partial charge in [0.25, 0.3) is 5.91 Å². The van der Waals surface area contributed by atoms with Crippen LogP contribution >= 0.6 is 11.3 Å². The van der Waals surface area contributed by atoms with E-state index in [-0.39, 0.29) is 12.0 Å². The van der Waals surface area contributed by atoms with Gasteiger partial charge in [0.05, 0.1) is 23.4 Å². The van der Waals surface area contributed by atoms with E-state index in [0.29, 0.717) is 12.1 Å². The third kappa shape index (κ3) is 6.65. The molecule has 0 saturated heterocycles. The van der Waals surface area contributed by atoms with Crippen LogP contribution in [0, 0.1) is 0 Å². The van der Waals surface area contributed by atoms with Crippen molar-refractivity contribution in [2.24, 2.45) is 0 Å². The van der Waals surface area contributed by atoms with Crippen molar-refractivity contribution in [3.8, 4) is 5.75 Å². The molecule has 34 heavy (non-hydrogen) atoms. The molecule has 4 aromatic rings. The molecule has 0 fully saturated rings. The molecule has 3 aromatic carbocycles. The summed E-state index contributed by atoms with van der Waals surface area (Å²) in [4.78, 5) is 17.9. The molecule has 4 nitrogen and oxygen atoms in total. The van der Waals surface area contributed by atoms with Gasteiger partial charge in [0.15, 0.2) is 0 Å². The zero-order valence-corrected chi connectivity index (χ0v) is 20.2. The highest BCUT2D eigenvalue weighted by Crippen LogP contribution is 2.22. The second kappa shape index (κ2) is 11.4. The first-order chi connectivity index (χ1) is 16.6. The Balaban J connectivity index is 1.47. The first kappa shape index (κ1) is 23.5. The van der Waals surface area contributed by atoms with Crippen molar-refractivity contribution in [2.45, 2.75) is 32.9 Å². The van der Waals surface area contributed by atoms with E-state index in [4.69, 9.17) is 9.72 Å². The predicted molar refractivity (Wildman–Crippen MR) is 140 cm³/mol. The minimum atomic E-state index is -0.133. The summed E-state index contributed by atoms with van der Waals surface area (Å²) in [7, 11) is 0. The number of nitrogens with zero attached hydrogens (tertiary/aromatic N) is 1. The van der Waals surface area contributed by atoms with E-state index in [9.17, 15) is 4.79 Å². The average Bonchev–Trinajstić information content (AvgIpc) is 3.30. The number of carbonyl (C=O) groups is 1. The fraction of sp³-hybridized carbons (Fsp3) is 0.172. The van der Waals surface area contributed by atoms with Gasteiger partial charge in [-0.25, -0.2) is 4.98 Å². The fourth-order valence-electron chi connectivity index (χ4n) is 3.53. The molecule has 0 atom stereocenters. The minimum Gasteiger partial charge on any atom is -0.491 e. The van der Waals surface area contributed by atoms with Gasteiger partial charge in [0, 0.05) is 17.4 Å². The van der Waals surface area contributed by atoms with Gasteiger partial charge in [-0.05, 0) is 48.7 Å². The summed E-state index contributed by atoms with van der Waals surface area (Å²) in [6, 6.07) is 27.8. The maximum atomic E-state index is 13.2. The Morgan fingerprint density at radius 2 is 1.65 bits per heavy atom. The van der Waals surface area contributed by atoms with Crippen LogP contribution in [0.2, 0.25) is 0 Å². The number of rotatable bonds is 9. The number of nitrogens with one attached hydrogen (secondary N) is 1. The molecule has 1 heterocycles. The van der Waals surface area contributed by atoms with Gasteiger partial charge in [-0.1, -0.05) is 72.8 Å². The third-order valence-electron chi connectivity index (χ3n) is 5.12. The van der Waals surface area contributed by atoms with Crippen molar-refractivity contribution in [3.05, 3.63) is 118 Å². The Morgan fingerprint density at radius 1 is 0.971 bits per heavy atom. The van der Waals surface area contributed by atoms with Crippen molar-refractivity contribution in [1.29, 1.82) is 0 Å². The quantitative estimate of drug-likeness (QED) is 0.229. The number of hydrogen-bond donors (Lipinski definition) is 1. The molecule has 172 valence electrons. The Hall–Kier alpha value is -3.70. The van der Waals surface area contributed by atoms with Gasteiger partial charge in [-0.2, -0.15) is 0 Å². The van der Waals surface area contributed by atoms with Gasteiger partial charge in [-0.15, -0.1) is 11.3 Å². The molecule has 0 spiro atoms. The lowest BCUT2D eigenvalue weighted by molar-refractivity contribution is -0.115. The van der Waals surface area contributed by atoms with Crippen molar-refractivity contribution >= 4 is 28.9 Å². The van der Waals surface area contributed by atoms with Gasteiger partial charge < -0.3 is 10.1 Å². The van der Waals surface area contributed by atoms with E-state index < -0.39 is 0 Å². The number of aromatic nitrogens is 1. The number of benzene rings is 3. The Bertz CT molecular complexity index is 1230. The lowest BCUT2D eigenvalue weighted by atomic mass is 10.0. The zero-order valence-electron chi connectivity index (χ0n) is 19.4. The molecule has 4 rings (SSSR count). The van der Waals surface area contributed by atoms with Gasteiger partial charge in [-0.3, -0.25) is 4.79 Å². The highest BCUT2D eigenvalue weighted by atomic mass is 32.1. The van der Waals surface area contributed by atoms with Crippen LogP contribution in [0.3, 0.4) is 0 Å². The third-order valence-corrected chi connectivity index (χ3v) is 6.02. The van der Waals surface area contributed by atoms with Crippen molar-refractivity contribution in [3.63, 3.8) is 0 Å². The highest BCUT2D eigenvalue weighted by Gasteiger charge is 2.13. The summed E-state index contributed by atoms with van der Waals surface area (Å²) in [5, 5.41) is 6.10. The van der Waals surface area contributed by atoms with Gasteiger partial charge >= 0.3 is 0 Å². The van der Waals surface area contributed by atoms with Gasteiger partial charge in [0.2, 0.25) is 0 Å². The monoisotopic (exact) mass is 468 g/mol. The molecule has 0 saturated carbocycles. The molecule has 0 bridgehead atoms. The summed E-state index contributed by atoms with van der Waals surface area (Å²) >= 11 is 1.62. The van der Waals surface area contributed by atoms with Crippen LogP contribution in [0.4, 0.5) is 0 Å². The molecule has 1 N–H and O–H groups in total. The number of carbonyl (C=O) groups excluding carboxylic acids is 1. The molecule has 1 aromatic heterocycles. The van der Waals surface area contributed by atoms with E-state index in [0.717, 1.165) is 34.0 Å².